The van der Waals surface area contributed by atoms with Crippen LogP contribution < -0.4 is 11.1 Å². The number of nitrogens with one attached hydrogen (secondary N) is 1. The molecule has 0 fully saturated rings. The summed E-state index contributed by atoms with van der Waals surface area (Å²) in [5.74, 6) is 0.463. The first kappa shape index (κ1) is 19.2. The van der Waals surface area contributed by atoms with Crippen molar-refractivity contribution in [3.05, 3.63) is 29.3 Å². The molecule has 0 saturated heterocycles. The Hall–Kier alpha value is -0.860. The van der Waals surface area contributed by atoms with Crippen molar-refractivity contribution in [3.8, 4) is 0 Å². The number of methoxy groups -OCH3 is 1. The van der Waals surface area contributed by atoms with Crippen molar-refractivity contribution in [1.29, 1.82) is 0 Å². The van der Waals surface area contributed by atoms with E-state index in [2.05, 4.69) is 28.5 Å². The third-order valence-electron chi connectivity index (χ3n) is 3.53. The zero-order valence-corrected chi connectivity index (χ0v) is 15.5. The van der Waals surface area contributed by atoms with E-state index in [1.807, 2.05) is 0 Å². The number of benzene rings is 1. The van der Waals surface area contributed by atoms with Crippen LogP contribution in [0.1, 0.15) is 24.0 Å². The molecule has 0 atom stereocenters. The van der Waals surface area contributed by atoms with Gasteiger partial charge in [0.15, 0.2) is 5.96 Å². The molecule has 124 valence electrons. The normalized spacial score (nSPS) is 13.6. The van der Waals surface area contributed by atoms with Gasteiger partial charge in [0.1, 0.15) is 0 Å². The van der Waals surface area contributed by atoms with Crippen molar-refractivity contribution in [3.63, 3.8) is 0 Å². The van der Waals surface area contributed by atoms with Gasteiger partial charge in [-0.2, -0.15) is 0 Å². The molecule has 0 aromatic heterocycles. The van der Waals surface area contributed by atoms with E-state index < -0.39 is 0 Å². The van der Waals surface area contributed by atoms with Gasteiger partial charge in [-0.05, 0) is 48.9 Å². The van der Waals surface area contributed by atoms with Crippen molar-refractivity contribution in [2.75, 3.05) is 38.8 Å². The molecule has 1 aromatic rings. The maximum atomic E-state index is 5.89. The zero-order chi connectivity index (χ0) is 14.9. The molecule has 0 heterocycles. The predicted molar refractivity (Wildman–Crippen MR) is 101 cm³/mol. The van der Waals surface area contributed by atoms with Gasteiger partial charge in [-0.25, -0.2) is 0 Å². The Morgan fingerprint density at radius 2 is 2.05 bits per heavy atom. The second-order valence-corrected chi connectivity index (χ2v) is 5.19. The van der Waals surface area contributed by atoms with Gasteiger partial charge in [-0.1, -0.05) is 6.07 Å². The number of ether oxygens (including phenoxy) is 2. The lowest BCUT2D eigenvalue weighted by atomic mass is 10.1. The standard InChI is InChI=1S/C16H25N3O2.HI/c1-20-10-11-21-9-3-8-18-16(17)19-15-7-6-13-4-2-5-14(13)12-15;/h6-7,12H,2-5,8-11H2,1H3,(H3,17,18,19);1H. The lowest BCUT2D eigenvalue weighted by molar-refractivity contribution is 0.0702. The van der Waals surface area contributed by atoms with Gasteiger partial charge in [-0.3, -0.25) is 4.99 Å². The van der Waals surface area contributed by atoms with E-state index in [1.165, 1.54) is 30.4 Å². The fraction of sp³-hybridized carbons (Fsp3) is 0.562. The third kappa shape index (κ3) is 6.50. The number of aryl methyl sites for hydroxylation is 2. The Labute approximate surface area is 149 Å². The maximum Gasteiger partial charge on any atom is 0.193 e. The van der Waals surface area contributed by atoms with E-state index in [4.69, 9.17) is 15.2 Å². The van der Waals surface area contributed by atoms with E-state index in [1.54, 1.807) is 7.11 Å². The van der Waals surface area contributed by atoms with Crippen LogP contribution in [0.2, 0.25) is 0 Å². The van der Waals surface area contributed by atoms with Gasteiger partial charge < -0.3 is 20.5 Å². The third-order valence-corrected chi connectivity index (χ3v) is 3.53. The molecule has 0 radical (unpaired) electrons. The first-order chi connectivity index (χ1) is 10.3. The van der Waals surface area contributed by atoms with Crippen molar-refractivity contribution in [2.24, 2.45) is 10.7 Å². The van der Waals surface area contributed by atoms with E-state index in [9.17, 15) is 0 Å². The van der Waals surface area contributed by atoms with Crippen LogP contribution in [0.25, 0.3) is 0 Å². The van der Waals surface area contributed by atoms with Crippen molar-refractivity contribution in [1.82, 2.24) is 0 Å². The molecule has 0 saturated carbocycles. The number of nitrogens with zero attached hydrogens (tertiary/aromatic N) is 1. The quantitative estimate of drug-likeness (QED) is 0.294. The van der Waals surface area contributed by atoms with Crippen LogP contribution in [0, 0.1) is 0 Å². The van der Waals surface area contributed by atoms with Crippen LogP contribution in [0.15, 0.2) is 23.2 Å². The largest absolute Gasteiger partial charge is 0.382 e. The molecule has 1 aromatic carbocycles. The van der Waals surface area contributed by atoms with Crippen molar-refractivity contribution in [2.45, 2.75) is 25.7 Å². The van der Waals surface area contributed by atoms with Crippen LogP contribution >= 0.6 is 24.0 Å². The minimum absolute atomic E-state index is 0. The Bertz CT molecular complexity index is 480. The summed E-state index contributed by atoms with van der Waals surface area (Å²) in [7, 11) is 1.67. The Balaban J connectivity index is 0.00000242. The molecule has 2 rings (SSSR count). The Morgan fingerprint density at radius 3 is 2.86 bits per heavy atom. The number of aliphatic imine (C=N–C) groups is 1. The number of nitrogens with two attached hydrogens (primary N) is 1. The highest BCUT2D eigenvalue weighted by Crippen LogP contribution is 2.24. The zero-order valence-electron chi connectivity index (χ0n) is 13.1. The fourth-order valence-corrected chi connectivity index (χ4v) is 2.45. The number of halogens is 1. The smallest absolute Gasteiger partial charge is 0.193 e. The van der Waals surface area contributed by atoms with Crippen LogP contribution in [0.5, 0.6) is 0 Å². The highest BCUT2D eigenvalue weighted by atomic mass is 127. The summed E-state index contributed by atoms with van der Waals surface area (Å²) in [6.45, 7) is 2.60. The average Bonchev–Trinajstić information content (AvgIpc) is 2.94. The van der Waals surface area contributed by atoms with E-state index in [0.29, 0.717) is 32.3 Å². The molecular formula is C16H26IN3O2. The first-order valence-electron chi connectivity index (χ1n) is 7.55. The molecule has 0 amide bonds. The van der Waals surface area contributed by atoms with Gasteiger partial charge in [0.2, 0.25) is 0 Å². The van der Waals surface area contributed by atoms with Crippen molar-refractivity contribution >= 4 is 35.6 Å². The van der Waals surface area contributed by atoms with Gasteiger partial charge in [0.05, 0.1) is 13.2 Å². The molecule has 1 aliphatic carbocycles. The van der Waals surface area contributed by atoms with E-state index >= 15 is 0 Å². The van der Waals surface area contributed by atoms with Crippen molar-refractivity contribution < 1.29 is 9.47 Å². The number of fused-ring (bicyclic) bond motifs is 1. The summed E-state index contributed by atoms with van der Waals surface area (Å²) >= 11 is 0. The molecule has 0 spiro atoms. The minimum Gasteiger partial charge on any atom is -0.382 e. The summed E-state index contributed by atoms with van der Waals surface area (Å²) in [6, 6.07) is 6.43. The summed E-state index contributed by atoms with van der Waals surface area (Å²) in [5.41, 5.74) is 9.81. The van der Waals surface area contributed by atoms with Gasteiger partial charge >= 0.3 is 0 Å². The molecule has 22 heavy (non-hydrogen) atoms. The molecular weight excluding hydrogens is 393 g/mol. The Kier molecular flexibility index (Phi) is 9.42. The first-order valence-corrected chi connectivity index (χ1v) is 7.55. The number of guanidine groups is 1. The number of anilines is 1. The predicted octanol–water partition coefficient (Wildman–Crippen LogP) is 2.57. The highest BCUT2D eigenvalue weighted by Gasteiger charge is 2.10. The average molecular weight is 419 g/mol. The molecule has 3 N–H and O–H groups in total. The SMILES string of the molecule is COCCOCCCN=C(N)Nc1ccc2c(c1)CCC2.I. The van der Waals surface area contributed by atoms with E-state index in [-0.39, 0.29) is 24.0 Å². The second-order valence-electron chi connectivity index (χ2n) is 5.19. The molecule has 5 nitrogen and oxygen atoms in total. The van der Waals surface area contributed by atoms with Crippen LogP contribution in [0.4, 0.5) is 5.69 Å². The molecule has 0 unspecified atom stereocenters. The highest BCUT2D eigenvalue weighted by molar-refractivity contribution is 14.0. The molecule has 6 heteroatoms. The fourth-order valence-electron chi connectivity index (χ4n) is 2.45. The topological polar surface area (TPSA) is 68.9 Å². The second kappa shape index (κ2) is 10.8. The minimum atomic E-state index is 0. The van der Waals surface area contributed by atoms with Gasteiger partial charge in [0.25, 0.3) is 0 Å². The molecule has 0 aliphatic heterocycles. The van der Waals surface area contributed by atoms with E-state index in [0.717, 1.165) is 12.1 Å². The maximum absolute atomic E-state index is 5.89. The van der Waals surface area contributed by atoms with Crippen LogP contribution in [0.3, 0.4) is 0 Å². The number of hydrogen-bond donors (Lipinski definition) is 2. The lowest BCUT2D eigenvalue weighted by Crippen LogP contribution is -2.23. The summed E-state index contributed by atoms with van der Waals surface area (Å²) in [5, 5.41) is 3.15. The van der Waals surface area contributed by atoms with Crippen LogP contribution in [-0.4, -0.2) is 39.4 Å². The summed E-state index contributed by atoms with van der Waals surface area (Å²) in [6.07, 6.45) is 4.48. The Morgan fingerprint density at radius 1 is 1.23 bits per heavy atom. The van der Waals surface area contributed by atoms with Gasteiger partial charge in [-0.15, -0.1) is 24.0 Å². The van der Waals surface area contributed by atoms with Gasteiger partial charge in [0, 0.05) is 25.9 Å². The van der Waals surface area contributed by atoms with Crippen LogP contribution in [-0.2, 0) is 22.3 Å². The summed E-state index contributed by atoms with van der Waals surface area (Å²) < 4.78 is 10.3. The molecule has 0 bridgehead atoms. The molecule has 1 aliphatic rings. The number of hydrogen-bond acceptors (Lipinski definition) is 3. The monoisotopic (exact) mass is 419 g/mol. The number of rotatable bonds is 8. The summed E-state index contributed by atoms with van der Waals surface area (Å²) in [4.78, 5) is 4.30. The lowest BCUT2D eigenvalue weighted by Gasteiger charge is -2.08.